The lowest BCUT2D eigenvalue weighted by Gasteiger charge is -2.07. The van der Waals surface area contributed by atoms with Crippen molar-refractivity contribution in [1.82, 2.24) is 0 Å². The quantitative estimate of drug-likeness (QED) is 0.821. The smallest absolute Gasteiger partial charge is 0.159 e. The Morgan fingerprint density at radius 3 is 2.06 bits per heavy atom. The Bertz CT molecular complexity index is 549. The number of hydrogen-bond acceptors (Lipinski definition) is 1. The maximum absolute atomic E-state index is 12.9. The fourth-order valence-electron chi connectivity index (χ4n) is 1.51. The van der Waals surface area contributed by atoms with Crippen LogP contribution in [0, 0.1) is 23.3 Å². The van der Waals surface area contributed by atoms with Gasteiger partial charge in [-0.05, 0) is 29.8 Å². The molecule has 0 spiro atoms. The van der Waals surface area contributed by atoms with Crippen LogP contribution < -0.4 is 5.32 Å². The molecule has 0 aromatic heterocycles. The zero-order chi connectivity index (χ0) is 13.1. The molecule has 5 heteroatoms. The van der Waals surface area contributed by atoms with Crippen molar-refractivity contribution in [1.29, 1.82) is 0 Å². The van der Waals surface area contributed by atoms with Gasteiger partial charge in [-0.3, -0.25) is 0 Å². The van der Waals surface area contributed by atoms with Gasteiger partial charge in [0.25, 0.3) is 0 Å². The summed E-state index contributed by atoms with van der Waals surface area (Å²) < 4.78 is 51.3. The molecule has 0 aliphatic heterocycles. The summed E-state index contributed by atoms with van der Waals surface area (Å²) in [4.78, 5) is 0. The Morgan fingerprint density at radius 1 is 0.778 bits per heavy atom. The second-order valence-corrected chi connectivity index (χ2v) is 3.76. The van der Waals surface area contributed by atoms with Gasteiger partial charge in [-0.15, -0.1) is 0 Å². The number of rotatable bonds is 3. The lowest BCUT2D eigenvalue weighted by Crippen LogP contribution is -2.01. The molecule has 0 saturated heterocycles. The molecule has 0 atom stereocenters. The van der Waals surface area contributed by atoms with Crippen LogP contribution in [0.5, 0.6) is 0 Å². The summed E-state index contributed by atoms with van der Waals surface area (Å²) in [5.74, 6) is -3.30. The monoisotopic (exact) mass is 255 g/mol. The third kappa shape index (κ3) is 3.00. The van der Waals surface area contributed by atoms with Crippen molar-refractivity contribution >= 4 is 5.69 Å². The molecule has 0 radical (unpaired) electrons. The van der Waals surface area contributed by atoms with Crippen LogP contribution in [0.4, 0.5) is 23.2 Å². The predicted octanol–water partition coefficient (Wildman–Crippen LogP) is 3.86. The minimum absolute atomic E-state index is 0.139. The normalized spacial score (nSPS) is 10.4. The van der Waals surface area contributed by atoms with Crippen LogP contribution in [-0.4, -0.2) is 0 Å². The molecular formula is C13H9F4N. The molecule has 0 aliphatic rings. The third-order valence-corrected chi connectivity index (χ3v) is 2.34. The minimum Gasteiger partial charge on any atom is -0.381 e. The summed E-state index contributed by atoms with van der Waals surface area (Å²) in [6.07, 6.45) is 0. The van der Waals surface area contributed by atoms with Crippen LogP contribution in [-0.2, 0) is 6.54 Å². The van der Waals surface area contributed by atoms with Gasteiger partial charge >= 0.3 is 0 Å². The van der Waals surface area contributed by atoms with Crippen LogP contribution in [0.25, 0.3) is 0 Å². The average molecular weight is 255 g/mol. The first-order chi connectivity index (χ1) is 8.54. The van der Waals surface area contributed by atoms with E-state index in [2.05, 4.69) is 5.32 Å². The van der Waals surface area contributed by atoms with E-state index in [0.29, 0.717) is 5.56 Å². The van der Waals surface area contributed by atoms with E-state index in [9.17, 15) is 17.6 Å². The largest absolute Gasteiger partial charge is 0.381 e. The molecule has 0 unspecified atom stereocenters. The zero-order valence-electron chi connectivity index (χ0n) is 9.18. The van der Waals surface area contributed by atoms with Gasteiger partial charge < -0.3 is 5.32 Å². The molecule has 0 heterocycles. The first-order valence-corrected chi connectivity index (χ1v) is 5.18. The van der Waals surface area contributed by atoms with Crippen LogP contribution in [0.15, 0.2) is 36.4 Å². The van der Waals surface area contributed by atoms with E-state index in [1.165, 1.54) is 6.07 Å². The van der Waals surface area contributed by atoms with Gasteiger partial charge in [-0.25, -0.2) is 17.6 Å². The topological polar surface area (TPSA) is 12.0 Å². The van der Waals surface area contributed by atoms with Crippen molar-refractivity contribution in [3.63, 3.8) is 0 Å². The Balaban J connectivity index is 2.08. The summed E-state index contributed by atoms with van der Waals surface area (Å²) in [7, 11) is 0. The molecule has 2 aromatic carbocycles. The molecular weight excluding hydrogens is 246 g/mol. The second-order valence-electron chi connectivity index (χ2n) is 3.76. The molecule has 2 aromatic rings. The summed E-state index contributed by atoms with van der Waals surface area (Å²) in [5, 5.41) is 2.72. The molecule has 0 amide bonds. The molecule has 0 saturated carbocycles. The van der Waals surface area contributed by atoms with Crippen molar-refractivity contribution in [3.05, 3.63) is 65.2 Å². The lowest BCUT2D eigenvalue weighted by atomic mass is 10.2. The zero-order valence-corrected chi connectivity index (χ0v) is 9.18. The van der Waals surface area contributed by atoms with Gasteiger partial charge in [0, 0.05) is 18.3 Å². The first-order valence-electron chi connectivity index (χ1n) is 5.18. The van der Waals surface area contributed by atoms with E-state index in [4.69, 9.17) is 0 Å². The standard InChI is InChI=1S/C13H9F4N/c14-9-4-10(15)6-11(5-9)18-7-8-1-2-12(16)13(17)3-8/h1-6,18H,7H2. The number of hydrogen-bond donors (Lipinski definition) is 1. The highest BCUT2D eigenvalue weighted by atomic mass is 19.2. The molecule has 1 nitrogen and oxygen atoms in total. The Labute approximate surface area is 101 Å². The third-order valence-electron chi connectivity index (χ3n) is 2.34. The van der Waals surface area contributed by atoms with Gasteiger partial charge in [-0.1, -0.05) is 6.07 Å². The maximum Gasteiger partial charge on any atom is 0.159 e. The molecule has 18 heavy (non-hydrogen) atoms. The maximum atomic E-state index is 12.9. The second kappa shape index (κ2) is 5.08. The van der Waals surface area contributed by atoms with Crippen LogP contribution in [0.1, 0.15) is 5.56 Å². The molecule has 94 valence electrons. The van der Waals surface area contributed by atoms with Crippen LogP contribution >= 0.6 is 0 Å². The highest BCUT2D eigenvalue weighted by Gasteiger charge is 2.03. The van der Waals surface area contributed by atoms with E-state index < -0.39 is 23.3 Å². The van der Waals surface area contributed by atoms with Crippen molar-refractivity contribution in [2.24, 2.45) is 0 Å². The number of benzene rings is 2. The average Bonchev–Trinajstić information content (AvgIpc) is 2.29. The predicted molar refractivity (Wildman–Crippen MR) is 60.0 cm³/mol. The fourth-order valence-corrected chi connectivity index (χ4v) is 1.51. The molecule has 0 bridgehead atoms. The van der Waals surface area contributed by atoms with E-state index in [1.807, 2.05) is 0 Å². The molecule has 1 N–H and O–H groups in total. The highest BCUT2D eigenvalue weighted by molar-refractivity contribution is 5.44. The number of halogens is 4. The summed E-state index contributed by atoms with van der Waals surface area (Å²) in [6, 6.07) is 6.40. The lowest BCUT2D eigenvalue weighted by molar-refractivity contribution is 0.507. The molecule has 2 rings (SSSR count). The van der Waals surface area contributed by atoms with Crippen molar-refractivity contribution in [3.8, 4) is 0 Å². The van der Waals surface area contributed by atoms with E-state index in [1.54, 1.807) is 0 Å². The summed E-state index contributed by atoms with van der Waals surface area (Å²) in [5.41, 5.74) is 0.704. The molecule has 0 fully saturated rings. The van der Waals surface area contributed by atoms with Gasteiger partial charge in [0.05, 0.1) is 0 Å². The highest BCUT2D eigenvalue weighted by Crippen LogP contribution is 2.15. The Morgan fingerprint density at radius 2 is 1.44 bits per heavy atom. The SMILES string of the molecule is Fc1cc(F)cc(NCc2ccc(F)c(F)c2)c1. The van der Waals surface area contributed by atoms with Crippen LogP contribution in [0.2, 0.25) is 0 Å². The van der Waals surface area contributed by atoms with Gasteiger partial charge in [0.2, 0.25) is 0 Å². The van der Waals surface area contributed by atoms with Gasteiger partial charge in [0.1, 0.15) is 11.6 Å². The Hall–Kier alpha value is -2.04. The fraction of sp³-hybridized carbons (Fsp3) is 0.0769. The van der Waals surface area contributed by atoms with E-state index in [-0.39, 0.29) is 12.2 Å². The van der Waals surface area contributed by atoms with Gasteiger partial charge in [-0.2, -0.15) is 0 Å². The van der Waals surface area contributed by atoms with E-state index >= 15 is 0 Å². The number of nitrogens with one attached hydrogen (secondary N) is 1. The van der Waals surface area contributed by atoms with Crippen molar-refractivity contribution in [2.75, 3.05) is 5.32 Å². The molecule has 0 aliphatic carbocycles. The minimum atomic E-state index is -0.959. The first kappa shape index (κ1) is 12.4. The number of anilines is 1. The summed E-state index contributed by atoms with van der Waals surface area (Å²) >= 11 is 0. The van der Waals surface area contributed by atoms with Crippen molar-refractivity contribution < 1.29 is 17.6 Å². The summed E-state index contributed by atoms with van der Waals surface area (Å²) in [6.45, 7) is 0.139. The Kier molecular flexibility index (Phi) is 3.50. The van der Waals surface area contributed by atoms with Crippen LogP contribution in [0.3, 0.4) is 0 Å². The van der Waals surface area contributed by atoms with E-state index in [0.717, 1.165) is 30.3 Å². The van der Waals surface area contributed by atoms with Crippen molar-refractivity contribution in [2.45, 2.75) is 6.54 Å². The van der Waals surface area contributed by atoms with Gasteiger partial charge in [0.15, 0.2) is 11.6 Å².